The van der Waals surface area contributed by atoms with Crippen LogP contribution in [-0.4, -0.2) is 6.71 Å². The van der Waals surface area contributed by atoms with Crippen LogP contribution in [0.2, 0.25) is 0 Å². The zero-order valence-corrected chi connectivity index (χ0v) is 24.6. The van der Waals surface area contributed by atoms with Crippen LogP contribution >= 0.6 is 11.3 Å². The van der Waals surface area contributed by atoms with E-state index < -0.39 is 0 Å². The predicted octanol–water partition coefficient (Wildman–Crippen LogP) is 8.87. The largest absolute Gasteiger partial charge is 0.458 e. The fourth-order valence-corrected chi connectivity index (χ4v) is 7.95. The maximum atomic E-state index is 6.80. The molecule has 9 rings (SSSR count). The lowest BCUT2D eigenvalue weighted by Gasteiger charge is -2.33. The topological polar surface area (TPSA) is 21.7 Å². The van der Waals surface area contributed by atoms with Gasteiger partial charge >= 0.3 is 0 Å². The molecule has 0 atom stereocenters. The second-order valence-electron chi connectivity index (χ2n) is 11.5. The summed E-state index contributed by atoms with van der Waals surface area (Å²) in [6.45, 7) is 4.36. The number of fused-ring (bicyclic) bond motifs is 8. The van der Waals surface area contributed by atoms with Gasteiger partial charge in [-0.2, -0.15) is 0 Å². The minimum atomic E-state index is 0.0640. The van der Waals surface area contributed by atoms with E-state index in [0.717, 1.165) is 55.6 Å². The molecule has 0 saturated heterocycles. The van der Waals surface area contributed by atoms with Gasteiger partial charge in [-0.15, -0.1) is 11.3 Å². The summed E-state index contributed by atoms with van der Waals surface area (Å²) in [7, 11) is 0. The highest BCUT2D eigenvalue weighted by Gasteiger charge is 2.41. The third-order valence-corrected chi connectivity index (χ3v) is 9.83. The van der Waals surface area contributed by atoms with E-state index in [4.69, 9.17) is 9.47 Å². The standard InChI is InChI=1S/C38H26BNO2S/c1-23-13-17-32-30(19-23)39-31-20-24(2)14-18-33(31)42-37-36(39)34(41-32)22-29-28-16-15-27(21-35(28)43-38(29)37)40(25-9-5-3-6-10-25)26-11-7-4-8-12-26/h3-22H,1-2H3. The molecule has 0 saturated carbocycles. The van der Waals surface area contributed by atoms with E-state index in [2.05, 4.69) is 140 Å². The summed E-state index contributed by atoms with van der Waals surface area (Å²) >= 11 is 1.80. The van der Waals surface area contributed by atoms with Gasteiger partial charge in [-0.05, 0) is 79.4 Å². The van der Waals surface area contributed by atoms with E-state index in [1.165, 1.54) is 32.1 Å². The highest BCUT2D eigenvalue weighted by molar-refractivity contribution is 7.26. The molecule has 3 nitrogen and oxygen atoms in total. The lowest BCUT2D eigenvalue weighted by molar-refractivity contribution is 0.469. The number of anilines is 3. The molecule has 1 aromatic heterocycles. The van der Waals surface area contributed by atoms with Gasteiger partial charge in [-0.3, -0.25) is 0 Å². The molecular weight excluding hydrogens is 545 g/mol. The Balaban J connectivity index is 1.28. The molecule has 0 unspecified atom stereocenters. The van der Waals surface area contributed by atoms with Crippen LogP contribution in [0.5, 0.6) is 23.0 Å². The normalized spacial score (nSPS) is 12.7. The number of hydrogen-bond donors (Lipinski definition) is 0. The van der Waals surface area contributed by atoms with Crippen LogP contribution in [0.25, 0.3) is 20.2 Å². The molecule has 0 aliphatic carbocycles. The van der Waals surface area contributed by atoms with Crippen molar-refractivity contribution in [1.29, 1.82) is 0 Å². The summed E-state index contributed by atoms with van der Waals surface area (Å²) in [5.41, 5.74) is 9.36. The highest BCUT2D eigenvalue weighted by atomic mass is 32.1. The smallest absolute Gasteiger partial charge is 0.260 e. The van der Waals surface area contributed by atoms with Crippen molar-refractivity contribution in [3.05, 3.63) is 132 Å². The Morgan fingerprint density at radius 3 is 1.84 bits per heavy atom. The Labute approximate surface area is 254 Å². The third kappa shape index (κ3) is 3.75. The summed E-state index contributed by atoms with van der Waals surface area (Å²) in [5.74, 6) is 3.65. The van der Waals surface area contributed by atoms with Crippen molar-refractivity contribution in [3.8, 4) is 23.0 Å². The molecule has 3 heterocycles. The number of rotatable bonds is 3. The predicted molar refractivity (Wildman–Crippen MR) is 181 cm³/mol. The van der Waals surface area contributed by atoms with Crippen LogP contribution in [0.1, 0.15) is 11.1 Å². The van der Waals surface area contributed by atoms with Gasteiger partial charge in [-0.25, -0.2) is 0 Å². The van der Waals surface area contributed by atoms with Crippen molar-refractivity contribution in [2.45, 2.75) is 13.8 Å². The van der Waals surface area contributed by atoms with Gasteiger partial charge in [-0.1, -0.05) is 77.9 Å². The number of hydrogen-bond acceptors (Lipinski definition) is 4. The molecule has 0 bridgehead atoms. The molecule has 0 fully saturated rings. The van der Waals surface area contributed by atoms with Crippen LogP contribution < -0.4 is 30.8 Å². The van der Waals surface area contributed by atoms with Crippen molar-refractivity contribution in [1.82, 2.24) is 0 Å². The van der Waals surface area contributed by atoms with Gasteiger partial charge in [0, 0.05) is 38.0 Å². The van der Waals surface area contributed by atoms with E-state index in [0.29, 0.717) is 0 Å². The molecular formula is C38H26BNO2S. The third-order valence-electron chi connectivity index (χ3n) is 8.66. The molecule has 204 valence electrons. The first-order valence-corrected chi connectivity index (χ1v) is 15.4. The van der Waals surface area contributed by atoms with Crippen LogP contribution in [0.3, 0.4) is 0 Å². The van der Waals surface area contributed by atoms with E-state index >= 15 is 0 Å². The Hall–Kier alpha value is -5.00. The van der Waals surface area contributed by atoms with E-state index in [1.807, 2.05) is 0 Å². The van der Waals surface area contributed by atoms with Gasteiger partial charge in [0.25, 0.3) is 6.71 Å². The van der Waals surface area contributed by atoms with Crippen LogP contribution in [0.4, 0.5) is 17.1 Å². The summed E-state index contributed by atoms with van der Waals surface area (Å²) < 4.78 is 15.8. The van der Waals surface area contributed by atoms with Crippen molar-refractivity contribution in [3.63, 3.8) is 0 Å². The highest BCUT2D eigenvalue weighted by Crippen LogP contribution is 2.47. The van der Waals surface area contributed by atoms with Crippen molar-refractivity contribution in [2.75, 3.05) is 4.90 Å². The lowest BCUT2D eigenvalue weighted by Crippen LogP contribution is -2.57. The minimum absolute atomic E-state index is 0.0640. The zero-order valence-electron chi connectivity index (χ0n) is 23.8. The number of ether oxygens (including phenoxy) is 2. The first-order chi connectivity index (χ1) is 21.1. The molecule has 0 radical (unpaired) electrons. The molecule has 5 heteroatoms. The van der Waals surface area contributed by atoms with Crippen molar-refractivity contribution < 1.29 is 9.47 Å². The van der Waals surface area contributed by atoms with E-state index in [9.17, 15) is 0 Å². The quantitative estimate of drug-likeness (QED) is 0.198. The summed E-state index contributed by atoms with van der Waals surface area (Å²) in [5, 5.41) is 2.37. The maximum Gasteiger partial charge on any atom is 0.260 e. The Bertz CT molecular complexity index is 2170. The molecule has 43 heavy (non-hydrogen) atoms. The summed E-state index contributed by atoms with van der Waals surface area (Å²) in [6, 6.07) is 43.2. The molecule has 2 aliphatic rings. The molecule has 2 aliphatic heterocycles. The second kappa shape index (κ2) is 9.25. The first-order valence-electron chi connectivity index (χ1n) is 14.6. The fraction of sp³-hybridized carbons (Fsp3) is 0.0526. The molecule has 7 aromatic rings. The van der Waals surface area contributed by atoms with Gasteiger partial charge < -0.3 is 14.4 Å². The Morgan fingerprint density at radius 1 is 0.558 bits per heavy atom. The minimum Gasteiger partial charge on any atom is -0.458 e. The number of aryl methyl sites for hydroxylation is 2. The maximum absolute atomic E-state index is 6.80. The van der Waals surface area contributed by atoms with Gasteiger partial charge in [0.2, 0.25) is 0 Å². The molecule has 0 spiro atoms. The number of thiophene rings is 1. The van der Waals surface area contributed by atoms with E-state index in [1.54, 1.807) is 11.3 Å². The molecule has 0 N–H and O–H groups in total. The Morgan fingerprint density at radius 2 is 1.19 bits per heavy atom. The second-order valence-corrected chi connectivity index (χ2v) is 12.6. The Kier molecular flexibility index (Phi) is 5.29. The van der Waals surface area contributed by atoms with Gasteiger partial charge in [0.1, 0.15) is 23.0 Å². The first kappa shape index (κ1) is 24.6. The van der Waals surface area contributed by atoms with Gasteiger partial charge in [0.05, 0.1) is 4.70 Å². The summed E-state index contributed by atoms with van der Waals surface area (Å²) in [4.78, 5) is 2.31. The van der Waals surface area contributed by atoms with Crippen molar-refractivity contribution in [2.24, 2.45) is 0 Å². The molecule has 6 aromatic carbocycles. The summed E-state index contributed by atoms with van der Waals surface area (Å²) in [6.07, 6.45) is 0. The van der Waals surface area contributed by atoms with Crippen LogP contribution in [-0.2, 0) is 0 Å². The average molecular weight is 572 g/mol. The van der Waals surface area contributed by atoms with Crippen LogP contribution in [0.15, 0.2) is 121 Å². The van der Waals surface area contributed by atoms with Crippen LogP contribution in [0, 0.1) is 13.8 Å². The van der Waals surface area contributed by atoms with Crippen molar-refractivity contribution >= 4 is 71.7 Å². The lowest BCUT2D eigenvalue weighted by atomic mass is 9.34. The molecule has 0 amide bonds. The fourth-order valence-electron chi connectivity index (χ4n) is 6.74. The number of nitrogens with zero attached hydrogens (tertiary/aromatic N) is 1. The van der Waals surface area contributed by atoms with Gasteiger partial charge in [0.15, 0.2) is 0 Å². The average Bonchev–Trinajstić information content (AvgIpc) is 3.40. The SMILES string of the molecule is Cc1ccc2c(c1)B1c3cc(C)ccc3Oc3c1c(cc1c3sc3cc(N(c4ccccc4)c4ccccc4)ccc31)O2. The number of para-hydroxylation sites is 2. The zero-order chi connectivity index (χ0) is 28.7. The van der Waals surface area contributed by atoms with E-state index in [-0.39, 0.29) is 6.71 Å². The monoisotopic (exact) mass is 571 g/mol. The number of benzene rings is 6.